The number of anilines is 1. The zero-order valence-corrected chi connectivity index (χ0v) is 12.0. The van der Waals surface area contributed by atoms with Crippen LogP contribution in [0.4, 0.5) is 14.5 Å². The monoisotopic (exact) mass is 301 g/mol. The summed E-state index contributed by atoms with van der Waals surface area (Å²) in [4.78, 5) is 12.3. The summed E-state index contributed by atoms with van der Waals surface area (Å²) < 4.78 is 31.9. The van der Waals surface area contributed by atoms with E-state index in [9.17, 15) is 13.6 Å². The summed E-state index contributed by atoms with van der Waals surface area (Å²) in [5.74, 6) is -1.10. The first-order valence-corrected chi connectivity index (χ1v) is 6.72. The molecule has 0 radical (unpaired) electrons. The highest BCUT2D eigenvalue weighted by molar-refractivity contribution is 6.06. The molecule has 0 saturated carbocycles. The van der Waals surface area contributed by atoms with Crippen molar-refractivity contribution in [3.63, 3.8) is 0 Å². The third-order valence-electron chi connectivity index (χ3n) is 3.54. The van der Waals surface area contributed by atoms with E-state index < -0.39 is 11.7 Å². The van der Waals surface area contributed by atoms with Gasteiger partial charge in [-0.25, -0.2) is 8.78 Å². The van der Waals surface area contributed by atoms with Crippen molar-refractivity contribution in [3.8, 4) is 0 Å². The Balaban J connectivity index is 1.97. The Labute approximate surface area is 125 Å². The van der Waals surface area contributed by atoms with Gasteiger partial charge in [0.2, 0.25) is 0 Å². The maximum Gasteiger partial charge on any atom is 0.291 e. The fraction of sp³-hybridized carbons (Fsp3) is 0.118. The number of aryl methyl sites for hydroxylation is 2. The second-order valence-corrected chi connectivity index (χ2v) is 5.11. The van der Waals surface area contributed by atoms with Gasteiger partial charge < -0.3 is 9.73 Å². The molecule has 1 aromatic heterocycles. The van der Waals surface area contributed by atoms with Crippen LogP contribution in [0, 0.1) is 25.5 Å². The summed E-state index contributed by atoms with van der Waals surface area (Å²) in [5, 5.41) is 3.23. The predicted octanol–water partition coefficient (Wildman–Crippen LogP) is 4.58. The van der Waals surface area contributed by atoms with Crippen LogP contribution in [-0.4, -0.2) is 5.91 Å². The van der Waals surface area contributed by atoms with Gasteiger partial charge in [-0.1, -0.05) is 0 Å². The third-order valence-corrected chi connectivity index (χ3v) is 3.54. The first kappa shape index (κ1) is 14.3. The van der Waals surface area contributed by atoms with E-state index in [0.717, 1.165) is 0 Å². The number of fused-ring (bicyclic) bond motifs is 1. The molecule has 0 aliphatic rings. The van der Waals surface area contributed by atoms with Gasteiger partial charge in [-0.3, -0.25) is 4.79 Å². The second kappa shape index (κ2) is 5.26. The van der Waals surface area contributed by atoms with E-state index >= 15 is 0 Å². The minimum Gasteiger partial charge on any atom is -0.451 e. The summed E-state index contributed by atoms with van der Waals surface area (Å²) in [6.07, 6.45) is 0. The lowest BCUT2D eigenvalue weighted by atomic mass is 10.1. The van der Waals surface area contributed by atoms with Gasteiger partial charge in [0.15, 0.2) is 5.76 Å². The van der Waals surface area contributed by atoms with Gasteiger partial charge >= 0.3 is 0 Å². The Hall–Kier alpha value is -2.69. The van der Waals surface area contributed by atoms with Gasteiger partial charge in [-0.2, -0.15) is 0 Å². The summed E-state index contributed by atoms with van der Waals surface area (Å²) in [6, 6.07) is 8.17. The van der Waals surface area contributed by atoms with E-state index in [1.165, 1.54) is 36.4 Å². The molecule has 3 aromatic rings. The van der Waals surface area contributed by atoms with Gasteiger partial charge in [0.1, 0.15) is 17.2 Å². The number of amides is 1. The van der Waals surface area contributed by atoms with Crippen molar-refractivity contribution >= 4 is 22.6 Å². The van der Waals surface area contributed by atoms with E-state index in [1.54, 1.807) is 13.8 Å². The van der Waals surface area contributed by atoms with Crippen molar-refractivity contribution in [2.45, 2.75) is 13.8 Å². The lowest BCUT2D eigenvalue weighted by Crippen LogP contribution is -2.13. The highest BCUT2D eigenvalue weighted by atomic mass is 19.1. The molecule has 1 amide bonds. The van der Waals surface area contributed by atoms with Crippen LogP contribution in [0.5, 0.6) is 0 Å². The number of carbonyl (C=O) groups is 1. The third kappa shape index (κ3) is 2.45. The highest BCUT2D eigenvalue weighted by Gasteiger charge is 2.18. The molecular weight excluding hydrogens is 288 g/mol. The summed E-state index contributed by atoms with van der Waals surface area (Å²) in [7, 11) is 0. The normalized spacial score (nSPS) is 10.9. The molecule has 3 rings (SSSR count). The number of nitrogens with one attached hydrogen (secondary N) is 1. The molecule has 0 atom stereocenters. The predicted molar refractivity (Wildman–Crippen MR) is 80.0 cm³/mol. The van der Waals surface area contributed by atoms with E-state index in [1.807, 2.05) is 0 Å². The lowest BCUT2D eigenvalue weighted by Gasteiger charge is -2.07. The van der Waals surface area contributed by atoms with Crippen LogP contribution in [0.2, 0.25) is 0 Å². The first-order valence-electron chi connectivity index (χ1n) is 6.72. The Morgan fingerprint density at radius 2 is 1.73 bits per heavy atom. The SMILES string of the molecule is Cc1cc(F)ccc1NC(=O)c1oc2ccc(F)cc2c1C. The standard InChI is InChI=1S/C17H13F2NO2/c1-9-7-11(18)3-5-14(9)20-17(21)16-10(2)13-8-12(19)4-6-15(13)22-16/h3-8H,1-2H3,(H,20,21). The van der Waals surface area contributed by atoms with Crippen LogP contribution in [0.25, 0.3) is 11.0 Å². The molecule has 0 saturated heterocycles. The van der Waals surface area contributed by atoms with Crippen molar-refractivity contribution in [2.24, 2.45) is 0 Å². The molecule has 0 aliphatic heterocycles. The Bertz CT molecular complexity index is 884. The summed E-state index contributed by atoms with van der Waals surface area (Å²) in [5.41, 5.74) is 2.11. The number of hydrogen-bond acceptors (Lipinski definition) is 2. The van der Waals surface area contributed by atoms with Crippen LogP contribution < -0.4 is 5.32 Å². The van der Waals surface area contributed by atoms with Crippen molar-refractivity contribution in [1.82, 2.24) is 0 Å². The highest BCUT2D eigenvalue weighted by Crippen LogP contribution is 2.27. The zero-order chi connectivity index (χ0) is 15.9. The quantitative estimate of drug-likeness (QED) is 0.752. The molecule has 1 N–H and O–H groups in total. The van der Waals surface area contributed by atoms with Gasteiger partial charge in [0.25, 0.3) is 5.91 Å². The molecule has 0 bridgehead atoms. The molecule has 0 unspecified atom stereocenters. The molecule has 5 heteroatoms. The minimum atomic E-state index is -0.455. The zero-order valence-electron chi connectivity index (χ0n) is 12.0. The maximum atomic E-state index is 13.3. The van der Waals surface area contributed by atoms with Crippen molar-refractivity contribution in [2.75, 3.05) is 5.32 Å². The Morgan fingerprint density at radius 3 is 2.45 bits per heavy atom. The average Bonchev–Trinajstić information content (AvgIpc) is 2.79. The van der Waals surface area contributed by atoms with Gasteiger partial charge in [0, 0.05) is 16.6 Å². The Morgan fingerprint density at radius 1 is 1.05 bits per heavy atom. The van der Waals surface area contributed by atoms with Crippen molar-refractivity contribution in [3.05, 3.63) is 64.9 Å². The number of carbonyl (C=O) groups excluding carboxylic acids is 1. The van der Waals surface area contributed by atoms with Crippen LogP contribution in [-0.2, 0) is 0 Å². The maximum absolute atomic E-state index is 13.3. The first-order chi connectivity index (χ1) is 10.5. The number of furan rings is 1. The topological polar surface area (TPSA) is 42.2 Å². The van der Waals surface area contributed by atoms with E-state index in [0.29, 0.717) is 27.8 Å². The minimum absolute atomic E-state index is 0.115. The van der Waals surface area contributed by atoms with Crippen LogP contribution in [0.1, 0.15) is 21.7 Å². The van der Waals surface area contributed by atoms with E-state index in [4.69, 9.17) is 4.42 Å². The smallest absolute Gasteiger partial charge is 0.291 e. The van der Waals surface area contributed by atoms with Gasteiger partial charge in [-0.15, -0.1) is 0 Å². The molecule has 3 nitrogen and oxygen atoms in total. The van der Waals surface area contributed by atoms with Gasteiger partial charge in [-0.05, 0) is 55.8 Å². The Kier molecular flexibility index (Phi) is 3.41. The van der Waals surface area contributed by atoms with Crippen LogP contribution in [0.15, 0.2) is 40.8 Å². The fourth-order valence-electron chi connectivity index (χ4n) is 2.36. The molecule has 0 aliphatic carbocycles. The lowest BCUT2D eigenvalue weighted by molar-refractivity contribution is 0.0998. The number of rotatable bonds is 2. The summed E-state index contributed by atoms with van der Waals surface area (Å²) in [6.45, 7) is 3.39. The largest absolute Gasteiger partial charge is 0.451 e. The molecule has 0 fully saturated rings. The van der Waals surface area contributed by atoms with E-state index in [-0.39, 0.29) is 11.6 Å². The number of benzene rings is 2. The molecular formula is C17H13F2NO2. The fourth-order valence-corrected chi connectivity index (χ4v) is 2.36. The van der Waals surface area contributed by atoms with E-state index in [2.05, 4.69) is 5.32 Å². The van der Waals surface area contributed by atoms with Crippen LogP contribution in [0.3, 0.4) is 0 Å². The summed E-state index contributed by atoms with van der Waals surface area (Å²) >= 11 is 0. The molecule has 112 valence electrons. The van der Waals surface area contributed by atoms with Gasteiger partial charge in [0.05, 0.1) is 0 Å². The molecule has 0 spiro atoms. The average molecular weight is 301 g/mol. The number of hydrogen-bond donors (Lipinski definition) is 1. The second-order valence-electron chi connectivity index (χ2n) is 5.11. The molecule has 22 heavy (non-hydrogen) atoms. The molecule has 2 aromatic carbocycles. The van der Waals surface area contributed by atoms with Crippen molar-refractivity contribution in [1.29, 1.82) is 0 Å². The van der Waals surface area contributed by atoms with Crippen molar-refractivity contribution < 1.29 is 18.0 Å². The van der Waals surface area contributed by atoms with Crippen LogP contribution >= 0.6 is 0 Å². The molecule has 1 heterocycles. The number of halogens is 2.